The van der Waals surface area contributed by atoms with E-state index < -0.39 is 5.97 Å². The first-order chi connectivity index (χ1) is 5.27. The predicted octanol–water partition coefficient (Wildman–Crippen LogP) is -1.51. The van der Waals surface area contributed by atoms with Crippen LogP contribution in [0, 0.1) is 0 Å². The van der Waals surface area contributed by atoms with Gasteiger partial charge in [0.15, 0.2) is 0 Å². The third-order valence-corrected chi connectivity index (χ3v) is 1.73. The number of carboxylic acids is 1. The summed E-state index contributed by atoms with van der Waals surface area (Å²) in [5.41, 5.74) is 0. The van der Waals surface area contributed by atoms with Crippen molar-refractivity contribution >= 4 is 5.97 Å². The van der Waals surface area contributed by atoms with E-state index >= 15 is 0 Å². The molecule has 0 N–H and O–H groups in total. The van der Waals surface area contributed by atoms with Gasteiger partial charge < -0.3 is 9.90 Å². The van der Waals surface area contributed by atoms with E-state index in [0.717, 1.165) is 12.8 Å². The van der Waals surface area contributed by atoms with Crippen LogP contribution >= 0.6 is 0 Å². The molecule has 0 atom stereocenters. The summed E-state index contributed by atoms with van der Waals surface area (Å²) in [6.45, 7) is 2.17. The van der Waals surface area contributed by atoms with E-state index in [1.807, 2.05) is 0 Å². The van der Waals surface area contributed by atoms with Gasteiger partial charge in [-0.2, -0.15) is 0 Å². The molecule has 0 aromatic rings. The number of aliphatic carboxylic acids is 1. The van der Waals surface area contributed by atoms with E-state index in [0.29, 0.717) is 0 Å². The van der Waals surface area contributed by atoms with Crippen molar-refractivity contribution < 1.29 is 78.4 Å². The molecule has 0 fully saturated rings. The Hall–Kier alpha value is 1.63. The van der Waals surface area contributed by atoms with E-state index in [-0.39, 0.29) is 74.9 Å². The second-order valence-corrected chi connectivity index (χ2v) is 2.89. The first-order valence-electron chi connectivity index (χ1n) is 4.47. The second kappa shape index (κ2) is 16.1. The van der Waals surface area contributed by atoms with Crippen LogP contribution in [0.1, 0.15) is 51.9 Å². The Balaban J connectivity index is -0.000000500. The zero-order valence-corrected chi connectivity index (χ0v) is 12.8. The molecular formula is C9H17FeKO2. The summed E-state index contributed by atoms with van der Waals surface area (Å²) < 4.78 is 0. The Morgan fingerprint density at radius 3 is 2.00 bits per heavy atom. The van der Waals surface area contributed by atoms with Gasteiger partial charge in [0, 0.05) is 23.0 Å². The van der Waals surface area contributed by atoms with Crippen molar-refractivity contribution in [3.8, 4) is 0 Å². The quantitative estimate of drug-likeness (QED) is 0.408. The fraction of sp³-hybridized carbons (Fsp3) is 0.889. The molecule has 0 unspecified atom stereocenters. The van der Waals surface area contributed by atoms with Crippen LogP contribution < -0.4 is 56.5 Å². The SMILES string of the molecule is CCCCCCCCC(=O)[O-].[Fe].[K+]. The maximum Gasteiger partial charge on any atom is 1.00 e. The van der Waals surface area contributed by atoms with Gasteiger partial charge in [-0.1, -0.05) is 39.0 Å². The molecule has 0 aliphatic carbocycles. The van der Waals surface area contributed by atoms with Crippen molar-refractivity contribution in [3.63, 3.8) is 0 Å². The van der Waals surface area contributed by atoms with E-state index in [9.17, 15) is 9.90 Å². The van der Waals surface area contributed by atoms with Crippen molar-refractivity contribution in [1.82, 2.24) is 0 Å². The van der Waals surface area contributed by atoms with Crippen LogP contribution in [0.15, 0.2) is 0 Å². The topological polar surface area (TPSA) is 40.1 Å². The molecule has 0 heterocycles. The van der Waals surface area contributed by atoms with Gasteiger partial charge in [-0.25, -0.2) is 0 Å². The van der Waals surface area contributed by atoms with Crippen molar-refractivity contribution in [1.29, 1.82) is 0 Å². The third-order valence-electron chi connectivity index (χ3n) is 1.73. The molecule has 0 saturated heterocycles. The Labute approximate surface area is 134 Å². The standard InChI is InChI=1S/C9H18O2.Fe.K/c1-2-3-4-5-6-7-8-9(10)11;;/h2-8H2,1H3,(H,10,11);;/q;;+1/p-1. The molecule has 0 bridgehead atoms. The summed E-state index contributed by atoms with van der Waals surface area (Å²) in [5, 5.41) is 9.98. The Morgan fingerprint density at radius 2 is 1.54 bits per heavy atom. The molecule has 0 aromatic heterocycles. The summed E-state index contributed by atoms with van der Waals surface area (Å²) in [6, 6.07) is 0. The largest absolute Gasteiger partial charge is 1.00 e. The van der Waals surface area contributed by atoms with Gasteiger partial charge in [0.05, 0.1) is 0 Å². The first kappa shape index (κ1) is 20.1. The minimum atomic E-state index is -0.916. The molecule has 13 heavy (non-hydrogen) atoms. The molecule has 0 spiro atoms. The first-order valence-corrected chi connectivity index (χ1v) is 4.47. The van der Waals surface area contributed by atoms with Crippen LogP contribution in [0.3, 0.4) is 0 Å². The molecule has 0 amide bonds. The molecule has 0 saturated carbocycles. The van der Waals surface area contributed by atoms with Crippen LogP contribution in [0.5, 0.6) is 0 Å². The molecule has 0 aliphatic heterocycles. The van der Waals surface area contributed by atoms with E-state index in [1.165, 1.54) is 25.7 Å². The molecule has 0 radical (unpaired) electrons. The van der Waals surface area contributed by atoms with E-state index in [1.54, 1.807) is 0 Å². The molecule has 4 heteroatoms. The average Bonchev–Trinajstić information content (AvgIpc) is 1.96. The zero-order valence-electron chi connectivity index (χ0n) is 8.62. The Bertz CT molecular complexity index is 110. The van der Waals surface area contributed by atoms with E-state index in [2.05, 4.69) is 6.92 Å². The number of carbonyl (C=O) groups excluding carboxylic acids is 1. The number of hydrogen-bond acceptors (Lipinski definition) is 2. The van der Waals surface area contributed by atoms with Gasteiger partial charge in [-0.05, 0) is 12.8 Å². The van der Waals surface area contributed by atoms with Gasteiger partial charge in [0.2, 0.25) is 0 Å². The van der Waals surface area contributed by atoms with Crippen LogP contribution in [-0.4, -0.2) is 5.97 Å². The maximum absolute atomic E-state index is 9.98. The van der Waals surface area contributed by atoms with Crippen molar-refractivity contribution in [3.05, 3.63) is 0 Å². The molecule has 0 rings (SSSR count). The number of unbranched alkanes of at least 4 members (excludes halogenated alkanes) is 5. The predicted molar refractivity (Wildman–Crippen MR) is 43.0 cm³/mol. The molecule has 0 aliphatic rings. The summed E-state index contributed by atoms with van der Waals surface area (Å²) >= 11 is 0. The molecular weight excluding hydrogens is 235 g/mol. The second-order valence-electron chi connectivity index (χ2n) is 2.89. The van der Waals surface area contributed by atoms with Crippen molar-refractivity contribution in [2.24, 2.45) is 0 Å². The maximum atomic E-state index is 9.98. The monoisotopic (exact) mass is 252 g/mol. The third kappa shape index (κ3) is 19.9. The minimum absolute atomic E-state index is 0. The van der Waals surface area contributed by atoms with Crippen LogP contribution in [0.25, 0.3) is 0 Å². The molecule has 74 valence electrons. The Kier molecular flexibility index (Phi) is 24.8. The fourth-order valence-corrected chi connectivity index (χ4v) is 1.05. The summed E-state index contributed by atoms with van der Waals surface area (Å²) in [4.78, 5) is 9.98. The van der Waals surface area contributed by atoms with Gasteiger partial charge in [0.25, 0.3) is 0 Å². The molecule has 2 nitrogen and oxygen atoms in total. The minimum Gasteiger partial charge on any atom is -0.550 e. The van der Waals surface area contributed by atoms with Crippen LogP contribution in [0.4, 0.5) is 0 Å². The van der Waals surface area contributed by atoms with E-state index in [4.69, 9.17) is 0 Å². The number of rotatable bonds is 7. The van der Waals surface area contributed by atoms with Crippen LogP contribution in [0.2, 0.25) is 0 Å². The Morgan fingerprint density at radius 1 is 1.08 bits per heavy atom. The summed E-state index contributed by atoms with van der Waals surface area (Å²) in [6.07, 6.45) is 6.96. The van der Waals surface area contributed by atoms with Crippen molar-refractivity contribution in [2.75, 3.05) is 0 Å². The fourth-order valence-electron chi connectivity index (χ4n) is 1.05. The van der Waals surface area contributed by atoms with Gasteiger partial charge in [-0.15, -0.1) is 0 Å². The summed E-state index contributed by atoms with van der Waals surface area (Å²) in [5.74, 6) is -0.916. The number of hydrogen-bond donors (Lipinski definition) is 0. The number of carboxylic acid groups (broad SMARTS) is 1. The zero-order chi connectivity index (χ0) is 8.53. The normalized spacial score (nSPS) is 8.38. The number of carbonyl (C=O) groups is 1. The summed E-state index contributed by atoms with van der Waals surface area (Å²) in [7, 11) is 0. The average molecular weight is 252 g/mol. The smallest absolute Gasteiger partial charge is 0.550 e. The van der Waals surface area contributed by atoms with Gasteiger partial charge in [-0.3, -0.25) is 0 Å². The molecule has 0 aromatic carbocycles. The van der Waals surface area contributed by atoms with Gasteiger partial charge >= 0.3 is 51.4 Å². The van der Waals surface area contributed by atoms with Crippen molar-refractivity contribution in [2.45, 2.75) is 51.9 Å². The van der Waals surface area contributed by atoms with Gasteiger partial charge in [0.1, 0.15) is 0 Å². The van der Waals surface area contributed by atoms with Crippen LogP contribution in [-0.2, 0) is 21.9 Å².